The Kier molecular flexibility index (Phi) is 1.54. The van der Waals surface area contributed by atoms with E-state index in [2.05, 4.69) is 30.7 Å². The zero-order valence-electron chi connectivity index (χ0n) is 2.58. The Morgan fingerprint density at radius 1 is 1.20 bits per heavy atom. The van der Waals surface area contributed by atoms with E-state index < -0.39 is 4.41 Å². The van der Waals surface area contributed by atoms with Crippen LogP contribution in [0, 0.1) is 0 Å². The standard InChI is InChI=1S/CH2NSi3/c2-1(3,4)5/h2H2. The third-order valence-corrected chi connectivity index (χ3v) is 0. The number of rotatable bonds is 0. The minimum Gasteiger partial charge on any atom is -0.335 e. The molecule has 0 saturated carbocycles. The molecule has 23 valence electrons. The molecule has 0 aliphatic carbocycles. The first-order valence-electron chi connectivity index (χ1n) is 1.04. The molecule has 0 amide bonds. The fourth-order valence-corrected chi connectivity index (χ4v) is 0. The molecule has 9 radical (unpaired) electrons. The summed E-state index contributed by atoms with van der Waals surface area (Å²) in [6.07, 6.45) is 0. The number of nitrogens with two attached hydrogens (primary N) is 1. The molecule has 0 unspecified atom stereocenters. The van der Waals surface area contributed by atoms with Gasteiger partial charge in [-0.1, -0.05) is 0 Å². The van der Waals surface area contributed by atoms with E-state index in [4.69, 9.17) is 5.73 Å². The second-order valence-electron chi connectivity index (χ2n) is 0.808. The van der Waals surface area contributed by atoms with Crippen LogP contribution in [0.25, 0.3) is 0 Å². The van der Waals surface area contributed by atoms with Crippen LogP contribution in [0.1, 0.15) is 0 Å². The van der Waals surface area contributed by atoms with Gasteiger partial charge in [0.15, 0.2) is 0 Å². The van der Waals surface area contributed by atoms with Gasteiger partial charge < -0.3 is 5.73 Å². The summed E-state index contributed by atoms with van der Waals surface area (Å²) in [6, 6.07) is 0. The summed E-state index contributed by atoms with van der Waals surface area (Å²) in [5, 5.41) is 0. The Morgan fingerprint density at radius 2 is 1.20 bits per heavy atom. The molecule has 0 atom stereocenters. The summed E-state index contributed by atoms with van der Waals surface area (Å²) in [5.74, 6) is 0. The van der Waals surface area contributed by atoms with Gasteiger partial charge in [0.2, 0.25) is 0 Å². The molecule has 0 aromatic carbocycles. The zero-order chi connectivity index (χ0) is 4.50. The van der Waals surface area contributed by atoms with E-state index in [1.165, 1.54) is 0 Å². The zero-order valence-corrected chi connectivity index (χ0v) is 5.58. The molecular formula is CH2NSi3. The quantitative estimate of drug-likeness (QED) is 0.363. The van der Waals surface area contributed by atoms with E-state index in [-0.39, 0.29) is 0 Å². The third kappa shape index (κ3) is 84.3. The lowest BCUT2D eigenvalue weighted by atomic mass is 11.4. The molecule has 2 N–H and O–H groups in total. The summed E-state index contributed by atoms with van der Waals surface area (Å²) in [4.78, 5) is 0. The van der Waals surface area contributed by atoms with Crippen molar-refractivity contribution in [2.24, 2.45) is 5.73 Å². The van der Waals surface area contributed by atoms with Crippen LogP contribution < -0.4 is 5.73 Å². The summed E-state index contributed by atoms with van der Waals surface area (Å²) in [7, 11) is 9.07. The van der Waals surface area contributed by atoms with E-state index in [1.54, 1.807) is 0 Å². The van der Waals surface area contributed by atoms with Gasteiger partial charge >= 0.3 is 0 Å². The Hall–Kier alpha value is 0.611. The van der Waals surface area contributed by atoms with Gasteiger partial charge in [0.25, 0.3) is 0 Å². The Balaban J connectivity index is 3.02. The van der Waals surface area contributed by atoms with Gasteiger partial charge in [-0.3, -0.25) is 0 Å². The van der Waals surface area contributed by atoms with Gasteiger partial charge in [0.1, 0.15) is 0 Å². The highest BCUT2D eigenvalue weighted by molar-refractivity contribution is 6.58. The average molecular weight is 112 g/mol. The lowest BCUT2D eigenvalue weighted by Gasteiger charge is -2.04. The first-order valence-corrected chi connectivity index (χ1v) is 2.54. The topological polar surface area (TPSA) is 26.0 Å². The van der Waals surface area contributed by atoms with Crippen molar-refractivity contribution >= 4 is 30.7 Å². The first-order chi connectivity index (χ1) is 2.00. The molecule has 0 spiro atoms. The Morgan fingerprint density at radius 3 is 1.20 bits per heavy atom. The number of hydrogen-bond donors (Lipinski definition) is 1. The molecule has 0 rings (SSSR count). The van der Waals surface area contributed by atoms with Crippen molar-refractivity contribution in [1.82, 2.24) is 0 Å². The monoisotopic (exact) mass is 112 g/mol. The predicted molar refractivity (Wildman–Crippen MR) is 24.2 cm³/mol. The van der Waals surface area contributed by atoms with Crippen LogP contribution in [-0.2, 0) is 0 Å². The van der Waals surface area contributed by atoms with Crippen LogP contribution in [0.2, 0.25) is 0 Å². The van der Waals surface area contributed by atoms with Gasteiger partial charge in [-0.25, -0.2) is 0 Å². The molecule has 0 aromatic rings. The smallest absolute Gasteiger partial charge is 0.0408 e. The van der Waals surface area contributed by atoms with Crippen molar-refractivity contribution in [3.63, 3.8) is 0 Å². The fourth-order valence-electron chi connectivity index (χ4n) is 0. The molecule has 0 bridgehead atoms. The molecule has 0 aromatic heterocycles. The molecule has 0 fully saturated rings. The fraction of sp³-hybridized carbons (Fsp3) is 1.00. The summed E-state index contributed by atoms with van der Waals surface area (Å²) in [5.41, 5.74) is 5.09. The van der Waals surface area contributed by atoms with Crippen molar-refractivity contribution in [2.45, 2.75) is 4.41 Å². The largest absolute Gasteiger partial charge is 0.335 e. The van der Waals surface area contributed by atoms with Crippen LogP contribution >= 0.6 is 0 Å². The van der Waals surface area contributed by atoms with E-state index >= 15 is 0 Å². The van der Waals surface area contributed by atoms with Gasteiger partial charge in [-0.15, -0.1) is 0 Å². The van der Waals surface area contributed by atoms with E-state index in [0.29, 0.717) is 0 Å². The molecule has 0 saturated heterocycles. The van der Waals surface area contributed by atoms with Crippen molar-refractivity contribution in [3.8, 4) is 0 Å². The maximum atomic E-state index is 5.09. The van der Waals surface area contributed by atoms with Crippen LogP contribution in [0.15, 0.2) is 0 Å². The Labute approximate surface area is 41.6 Å². The van der Waals surface area contributed by atoms with Gasteiger partial charge in [-0.05, 0) is 4.41 Å². The van der Waals surface area contributed by atoms with Crippen molar-refractivity contribution in [1.29, 1.82) is 0 Å². The maximum absolute atomic E-state index is 5.09. The highest BCUT2D eigenvalue weighted by Crippen LogP contribution is 1.65. The van der Waals surface area contributed by atoms with Crippen molar-refractivity contribution in [3.05, 3.63) is 0 Å². The van der Waals surface area contributed by atoms with Gasteiger partial charge in [0.05, 0.1) is 0 Å². The molecular weight excluding hydrogens is 110 g/mol. The van der Waals surface area contributed by atoms with Crippen LogP contribution in [-0.4, -0.2) is 35.1 Å². The molecule has 4 heteroatoms. The van der Waals surface area contributed by atoms with E-state index in [9.17, 15) is 0 Å². The lowest BCUT2D eigenvalue weighted by molar-refractivity contribution is 1.17. The minimum atomic E-state index is -0.583. The van der Waals surface area contributed by atoms with Crippen molar-refractivity contribution in [2.75, 3.05) is 0 Å². The predicted octanol–water partition coefficient (Wildman–Crippen LogP) is -1.94. The van der Waals surface area contributed by atoms with Crippen LogP contribution in [0.5, 0.6) is 0 Å². The first kappa shape index (κ1) is 5.61. The SMILES string of the molecule is NC([Si])([Si])[Si]. The summed E-state index contributed by atoms with van der Waals surface area (Å²) < 4.78 is -0.583. The molecule has 0 heterocycles. The second kappa shape index (κ2) is 1.38. The van der Waals surface area contributed by atoms with Crippen LogP contribution in [0.4, 0.5) is 0 Å². The minimum absolute atomic E-state index is 0.583. The van der Waals surface area contributed by atoms with Gasteiger partial charge in [0, 0.05) is 30.7 Å². The average Bonchev–Trinajstić information content (AvgIpc) is 0.722. The summed E-state index contributed by atoms with van der Waals surface area (Å²) >= 11 is 0. The van der Waals surface area contributed by atoms with Crippen LogP contribution in [0.3, 0.4) is 0 Å². The third-order valence-electron chi connectivity index (χ3n) is 0. The highest BCUT2D eigenvalue weighted by Gasteiger charge is 1.97. The highest BCUT2D eigenvalue weighted by atomic mass is 28.3. The normalized spacial score (nSPS) is 12.0. The molecule has 0 aliphatic rings. The molecule has 1 nitrogen and oxygen atoms in total. The maximum Gasteiger partial charge on any atom is 0.0408 e. The second-order valence-corrected chi connectivity index (χ2v) is 4.67. The van der Waals surface area contributed by atoms with E-state index in [0.717, 1.165) is 0 Å². The van der Waals surface area contributed by atoms with Crippen molar-refractivity contribution < 1.29 is 0 Å². The van der Waals surface area contributed by atoms with E-state index in [1.807, 2.05) is 0 Å². The Bertz CT molecular complexity index is 22.4. The summed E-state index contributed by atoms with van der Waals surface area (Å²) in [6.45, 7) is 0. The molecule has 5 heavy (non-hydrogen) atoms. The van der Waals surface area contributed by atoms with Gasteiger partial charge in [-0.2, -0.15) is 0 Å². The molecule has 0 aliphatic heterocycles. The number of hydrogen-bond acceptors (Lipinski definition) is 1. The lowest BCUT2D eigenvalue weighted by Crippen LogP contribution is -2.41.